The van der Waals surface area contributed by atoms with Gasteiger partial charge in [0.15, 0.2) is 0 Å². The highest BCUT2D eigenvalue weighted by Crippen LogP contribution is 2.28. The van der Waals surface area contributed by atoms with Crippen molar-refractivity contribution in [3.8, 4) is 0 Å². The van der Waals surface area contributed by atoms with Crippen molar-refractivity contribution in [3.05, 3.63) is 35.4 Å². The number of hydrogen-bond acceptors (Lipinski definition) is 2. The zero-order chi connectivity index (χ0) is 13.1. The van der Waals surface area contributed by atoms with Crippen LogP contribution >= 0.6 is 0 Å². The molecule has 2 heteroatoms. The summed E-state index contributed by atoms with van der Waals surface area (Å²) in [6, 6.07) is 8.21. The van der Waals surface area contributed by atoms with Crippen molar-refractivity contribution in [1.82, 2.24) is 0 Å². The van der Waals surface area contributed by atoms with E-state index in [0.717, 1.165) is 5.56 Å². The normalized spacial score (nSPS) is 15.6. The molecule has 0 amide bonds. The number of benzene rings is 1. The number of hydrogen-bond donors (Lipinski definition) is 1. The van der Waals surface area contributed by atoms with E-state index in [1.165, 1.54) is 5.56 Å². The predicted octanol–water partition coefficient (Wildman–Crippen LogP) is 3.23. The Kier molecular flexibility index (Phi) is 4.34. The van der Waals surface area contributed by atoms with Crippen molar-refractivity contribution in [2.24, 2.45) is 0 Å². The Labute approximate surface area is 105 Å². The van der Waals surface area contributed by atoms with Crippen molar-refractivity contribution in [1.29, 1.82) is 0 Å². The summed E-state index contributed by atoms with van der Waals surface area (Å²) >= 11 is 0. The Hall–Kier alpha value is -0.860. The van der Waals surface area contributed by atoms with Crippen LogP contribution in [0.1, 0.15) is 45.2 Å². The molecular formula is C15H24O2. The molecule has 0 saturated heterocycles. The van der Waals surface area contributed by atoms with Gasteiger partial charge in [0.25, 0.3) is 0 Å². The minimum absolute atomic E-state index is 0.150. The van der Waals surface area contributed by atoms with Crippen LogP contribution in [0.25, 0.3) is 0 Å². The molecule has 0 aliphatic rings. The minimum Gasteiger partial charge on any atom is -0.385 e. The molecule has 0 fully saturated rings. The van der Waals surface area contributed by atoms with E-state index in [9.17, 15) is 5.11 Å². The van der Waals surface area contributed by atoms with Crippen LogP contribution in [0.5, 0.6) is 0 Å². The first-order valence-corrected chi connectivity index (χ1v) is 6.10. The summed E-state index contributed by atoms with van der Waals surface area (Å²) in [6.45, 7) is 8.95. The first-order chi connectivity index (χ1) is 7.77. The fourth-order valence-electron chi connectivity index (χ4n) is 1.77. The quantitative estimate of drug-likeness (QED) is 0.869. The Morgan fingerprint density at radius 2 is 1.47 bits per heavy atom. The van der Waals surface area contributed by atoms with Crippen LogP contribution in [0.4, 0.5) is 0 Å². The highest BCUT2D eigenvalue weighted by atomic mass is 16.5. The molecule has 0 saturated carbocycles. The number of methoxy groups -OCH3 is 1. The van der Waals surface area contributed by atoms with Crippen LogP contribution < -0.4 is 0 Å². The molecular weight excluding hydrogens is 212 g/mol. The van der Waals surface area contributed by atoms with Gasteiger partial charge in [0.2, 0.25) is 0 Å². The van der Waals surface area contributed by atoms with Crippen LogP contribution in [0.2, 0.25) is 0 Å². The summed E-state index contributed by atoms with van der Waals surface area (Å²) in [5, 5.41) is 10.3. The van der Waals surface area contributed by atoms with Gasteiger partial charge in [-0.3, -0.25) is 0 Å². The van der Waals surface area contributed by atoms with Gasteiger partial charge in [-0.25, -0.2) is 0 Å². The van der Waals surface area contributed by atoms with Gasteiger partial charge >= 0.3 is 0 Å². The summed E-state index contributed by atoms with van der Waals surface area (Å²) in [5.74, 6) is 0. The fourth-order valence-corrected chi connectivity index (χ4v) is 1.77. The van der Waals surface area contributed by atoms with E-state index < -0.39 is 5.60 Å². The third-order valence-electron chi connectivity index (χ3n) is 3.17. The standard InChI is InChI=1S/C15H24O2/c1-14(2,3)12-6-8-13(9-7-12)15(4,16)10-11-17-5/h6-9,16H,10-11H2,1-5H3. The van der Waals surface area contributed by atoms with E-state index >= 15 is 0 Å². The Morgan fingerprint density at radius 3 is 1.88 bits per heavy atom. The zero-order valence-corrected chi connectivity index (χ0v) is 11.6. The van der Waals surface area contributed by atoms with Crippen LogP contribution in [-0.2, 0) is 15.8 Å². The molecule has 2 nitrogen and oxygen atoms in total. The summed E-state index contributed by atoms with van der Waals surface area (Å²) in [4.78, 5) is 0. The lowest BCUT2D eigenvalue weighted by Crippen LogP contribution is -2.23. The molecule has 96 valence electrons. The molecule has 1 aromatic carbocycles. The molecule has 0 aliphatic carbocycles. The van der Waals surface area contributed by atoms with Crippen LogP contribution in [-0.4, -0.2) is 18.8 Å². The number of aliphatic hydroxyl groups is 1. The topological polar surface area (TPSA) is 29.5 Å². The van der Waals surface area contributed by atoms with Gasteiger partial charge in [0, 0.05) is 20.1 Å². The third kappa shape index (κ3) is 3.83. The van der Waals surface area contributed by atoms with Gasteiger partial charge in [-0.05, 0) is 23.5 Å². The fraction of sp³-hybridized carbons (Fsp3) is 0.600. The molecule has 0 spiro atoms. The molecule has 0 radical (unpaired) electrons. The maximum absolute atomic E-state index is 10.3. The molecule has 1 unspecified atom stereocenters. The van der Waals surface area contributed by atoms with Crippen LogP contribution in [0.3, 0.4) is 0 Å². The van der Waals surface area contributed by atoms with Gasteiger partial charge in [-0.15, -0.1) is 0 Å². The molecule has 0 bridgehead atoms. The largest absolute Gasteiger partial charge is 0.385 e. The lowest BCUT2D eigenvalue weighted by molar-refractivity contribution is 0.0210. The lowest BCUT2D eigenvalue weighted by atomic mass is 9.84. The first kappa shape index (κ1) is 14.2. The smallest absolute Gasteiger partial charge is 0.0890 e. The molecule has 1 aromatic rings. The molecule has 17 heavy (non-hydrogen) atoms. The predicted molar refractivity (Wildman–Crippen MR) is 71.2 cm³/mol. The van der Waals surface area contributed by atoms with Crippen molar-refractivity contribution < 1.29 is 9.84 Å². The molecule has 1 rings (SSSR count). The van der Waals surface area contributed by atoms with Crippen molar-refractivity contribution >= 4 is 0 Å². The highest BCUT2D eigenvalue weighted by Gasteiger charge is 2.23. The minimum atomic E-state index is -0.813. The maximum atomic E-state index is 10.3. The first-order valence-electron chi connectivity index (χ1n) is 6.10. The summed E-state index contributed by atoms with van der Waals surface area (Å²) in [6.07, 6.45) is 0.609. The average Bonchev–Trinajstić information content (AvgIpc) is 2.25. The average molecular weight is 236 g/mol. The Balaban J connectivity index is 2.87. The van der Waals surface area contributed by atoms with Gasteiger partial charge in [0.1, 0.15) is 0 Å². The van der Waals surface area contributed by atoms with E-state index in [2.05, 4.69) is 32.9 Å². The molecule has 0 aliphatic heterocycles. The number of ether oxygens (including phenoxy) is 1. The van der Waals surface area contributed by atoms with Crippen molar-refractivity contribution in [2.75, 3.05) is 13.7 Å². The monoisotopic (exact) mass is 236 g/mol. The molecule has 1 atom stereocenters. The zero-order valence-electron chi connectivity index (χ0n) is 11.6. The van der Waals surface area contributed by atoms with Crippen LogP contribution in [0.15, 0.2) is 24.3 Å². The van der Waals surface area contributed by atoms with Gasteiger partial charge in [-0.1, -0.05) is 45.0 Å². The second-order valence-corrected chi connectivity index (χ2v) is 5.84. The molecule has 0 aromatic heterocycles. The number of rotatable bonds is 4. The van der Waals surface area contributed by atoms with Crippen molar-refractivity contribution in [2.45, 2.75) is 45.1 Å². The van der Waals surface area contributed by atoms with E-state index in [4.69, 9.17) is 4.74 Å². The molecule has 0 heterocycles. The highest BCUT2D eigenvalue weighted by molar-refractivity contribution is 5.30. The Bertz CT molecular complexity index is 344. The molecule has 1 N–H and O–H groups in total. The van der Waals surface area contributed by atoms with E-state index in [1.807, 2.05) is 19.1 Å². The van der Waals surface area contributed by atoms with Gasteiger partial charge in [-0.2, -0.15) is 0 Å². The lowest BCUT2D eigenvalue weighted by Gasteiger charge is -2.25. The second kappa shape index (κ2) is 5.19. The van der Waals surface area contributed by atoms with E-state index in [-0.39, 0.29) is 5.41 Å². The Morgan fingerprint density at radius 1 is 1.00 bits per heavy atom. The van der Waals surface area contributed by atoms with Gasteiger partial charge in [0.05, 0.1) is 5.60 Å². The van der Waals surface area contributed by atoms with Crippen LogP contribution in [0, 0.1) is 0 Å². The van der Waals surface area contributed by atoms with E-state index in [1.54, 1.807) is 7.11 Å². The SMILES string of the molecule is COCCC(C)(O)c1ccc(C(C)(C)C)cc1. The summed E-state index contributed by atoms with van der Waals surface area (Å²) in [7, 11) is 1.65. The van der Waals surface area contributed by atoms with Gasteiger partial charge < -0.3 is 9.84 Å². The summed E-state index contributed by atoms with van der Waals surface area (Å²) < 4.78 is 5.02. The van der Waals surface area contributed by atoms with Crippen molar-refractivity contribution in [3.63, 3.8) is 0 Å². The summed E-state index contributed by atoms with van der Waals surface area (Å²) in [5.41, 5.74) is 1.56. The van der Waals surface area contributed by atoms with E-state index in [0.29, 0.717) is 13.0 Å². The maximum Gasteiger partial charge on any atom is 0.0890 e. The third-order valence-corrected chi connectivity index (χ3v) is 3.17. The second-order valence-electron chi connectivity index (χ2n) is 5.84.